The Morgan fingerprint density at radius 1 is 1.10 bits per heavy atom. The van der Waals surface area contributed by atoms with Crippen LogP contribution in [0.15, 0.2) is 77.4 Å². The first-order chi connectivity index (χ1) is 14.9. The monoisotopic (exact) mass is 435 g/mol. The molecule has 4 nitrogen and oxygen atoms in total. The highest BCUT2D eigenvalue weighted by Crippen LogP contribution is 2.37. The third-order valence-corrected chi connectivity index (χ3v) is 5.19. The van der Waals surface area contributed by atoms with Crippen molar-refractivity contribution < 1.29 is 18.3 Å². The predicted molar refractivity (Wildman–Crippen MR) is 122 cm³/mol. The lowest BCUT2D eigenvalue weighted by atomic mass is 9.99. The molecular formula is C25H19ClFNO3. The van der Waals surface area contributed by atoms with Gasteiger partial charge in [0.05, 0.1) is 13.4 Å². The molecule has 1 heterocycles. The standard InChI is InChI=1S/C25H19ClFNO3/c1-15(11-25(29)28-19-9-7-18(27)8-10-19)20-12-21-22(16-3-5-17(26)6-4-16)14-31-24(21)13-23(20)30-2/h3-14H,1-2H3,(H,28,29)/b15-11+. The molecule has 156 valence electrons. The summed E-state index contributed by atoms with van der Waals surface area (Å²) in [7, 11) is 1.57. The van der Waals surface area contributed by atoms with Gasteiger partial charge >= 0.3 is 0 Å². The molecular weight excluding hydrogens is 417 g/mol. The largest absolute Gasteiger partial charge is 0.496 e. The number of hydrogen-bond donors (Lipinski definition) is 1. The van der Waals surface area contributed by atoms with Crippen LogP contribution < -0.4 is 10.1 Å². The highest BCUT2D eigenvalue weighted by atomic mass is 35.5. The van der Waals surface area contributed by atoms with Crippen LogP contribution in [-0.4, -0.2) is 13.0 Å². The van der Waals surface area contributed by atoms with Crippen molar-refractivity contribution in [1.82, 2.24) is 0 Å². The summed E-state index contributed by atoms with van der Waals surface area (Å²) in [6.07, 6.45) is 3.17. The van der Waals surface area contributed by atoms with Gasteiger partial charge < -0.3 is 14.5 Å². The topological polar surface area (TPSA) is 51.5 Å². The van der Waals surface area contributed by atoms with Crippen LogP contribution in [0.3, 0.4) is 0 Å². The number of carbonyl (C=O) groups is 1. The molecule has 4 rings (SSSR count). The van der Waals surface area contributed by atoms with Gasteiger partial charge in [-0.3, -0.25) is 4.79 Å². The third kappa shape index (κ3) is 4.47. The number of furan rings is 1. The zero-order valence-electron chi connectivity index (χ0n) is 16.9. The zero-order valence-corrected chi connectivity index (χ0v) is 17.7. The van der Waals surface area contributed by atoms with Crippen molar-refractivity contribution in [3.05, 3.63) is 89.4 Å². The second-order valence-electron chi connectivity index (χ2n) is 7.03. The molecule has 1 N–H and O–H groups in total. The highest BCUT2D eigenvalue weighted by Gasteiger charge is 2.15. The van der Waals surface area contributed by atoms with Gasteiger partial charge in [0.25, 0.3) is 0 Å². The van der Waals surface area contributed by atoms with Crippen LogP contribution in [-0.2, 0) is 4.79 Å². The summed E-state index contributed by atoms with van der Waals surface area (Å²) in [4.78, 5) is 12.5. The van der Waals surface area contributed by atoms with Crippen LogP contribution in [0.25, 0.3) is 27.7 Å². The molecule has 1 amide bonds. The first kappa shape index (κ1) is 20.7. The molecule has 0 spiro atoms. The number of hydrogen-bond acceptors (Lipinski definition) is 3. The number of carbonyl (C=O) groups excluding carboxylic acids is 1. The smallest absolute Gasteiger partial charge is 0.248 e. The van der Waals surface area contributed by atoms with Crippen LogP contribution >= 0.6 is 11.6 Å². The molecule has 0 aliphatic rings. The first-order valence-corrected chi connectivity index (χ1v) is 9.93. The van der Waals surface area contributed by atoms with Gasteiger partial charge in [-0.2, -0.15) is 0 Å². The molecule has 31 heavy (non-hydrogen) atoms. The van der Waals surface area contributed by atoms with Gasteiger partial charge in [-0.25, -0.2) is 4.39 Å². The van der Waals surface area contributed by atoms with Crippen molar-refractivity contribution in [2.45, 2.75) is 6.92 Å². The minimum Gasteiger partial charge on any atom is -0.496 e. The fraction of sp³-hybridized carbons (Fsp3) is 0.0800. The first-order valence-electron chi connectivity index (χ1n) is 9.55. The lowest BCUT2D eigenvalue weighted by molar-refractivity contribution is -0.111. The fourth-order valence-corrected chi connectivity index (χ4v) is 3.50. The molecule has 0 saturated carbocycles. The van der Waals surface area contributed by atoms with Crippen molar-refractivity contribution >= 4 is 39.7 Å². The van der Waals surface area contributed by atoms with Crippen LogP contribution in [0.2, 0.25) is 5.02 Å². The Morgan fingerprint density at radius 3 is 2.48 bits per heavy atom. The molecule has 0 fully saturated rings. The number of halogens is 2. The second-order valence-corrected chi connectivity index (χ2v) is 7.46. The Bertz CT molecular complexity index is 1270. The molecule has 6 heteroatoms. The number of benzene rings is 3. The van der Waals surface area contributed by atoms with Crippen LogP contribution in [0, 0.1) is 5.82 Å². The molecule has 0 aliphatic carbocycles. The Hall–Kier alpha value is -3.57. The number of ether oxygens (including phenoxy) is 1. The molecule has 3 aromatic carbocycles. The molecule has 0 radical (unpaired) electrons. The molecule has 0 unspecified atom stereocenters. The van der Waals surface area contributed by atoms with E-state index in [1.165, 1.54) is 30.3 Å². The van der Waals surface area contributed by atoms with Gasteiger partial charge in [0.1, 0.15) is 17.1 Å². The van der Waals surface area contributed by atoms with E-state index < -0.39 is 0 Å². The maximum absolute atomic E-state index is 13.1. The van der Waals surface area contributed by atoms with Gasteiger partial charge in [0.2, 0.25) is 5.91 Å². The van der Waals surface area contributed by atoms with Crippen LogP contribution in [0.5, 0.6) is 5.75 Å². The van der Waals surface area contributed by atoms with E-state index in [-0.39, 0.29) is 11.7 Å². The van der Waals surface area contributed by atoms with Crippen molar-refractivity contribution in [2.24, 2.45) is 0 Å². The average Bonchev–Trinajstić information content (AvgIpc) is 3.17. The highest BCUT2D eigenvalue weighted by molar-refractivity contribution is 6.30. The predicted octanol–water partition coefficient (Wildman–Crippen LogP) is 6.94. The number of anilines is 1. The number of rotatable bonds is 5. The summed E-state index contributed by atoms with van der Waals surface area (Å²) >= 11 is 6.01. The fourth-order valence-electron chi connectivity index (χ4n) is 3.37. The summed E-state index contributed by atoms with van der Waals surface area (Å²) < 4.78 is 24.3. The lowest BCUT2D eigenvalue weighted by Crippen LogP contribution is -2.08. The SMILES string of the molecule is COc1cc2occ(-c3ccc(Cl)cc3)c2cc1/C(C)=C/C(=O)Nc1ccc(F)cc1. The van der Waals surface area contributed by atoms with Crippen molar-refractivity contribution in [1.29, 1.82) is 0 Å². The van der Waals surface area contributed by atoms with Crippen LogP contribution in [0.1, 0.15) is 12.5 Å². The zero-order chi connectivity index (χ0) is 22.0. The summed E-state index contributed by atoms with van der Waals surface area (Å²) in [5.74, 6) is -0.0939. The lowest BCUT2D eigenvalue weighted by Gasteiger charge is -2.10. The Kier molecular flexibility index (Phi) is 5.78. The normalized spacial score (nSPS) is 11.5. The molecule has 1 aromatic heterocycles. The maximum Gasteiger partial charge on any atom is 0.248 e. The van der Waals surface area contributed by atoms with Crippen molar-refractivity contribution in [2.75, 3.05) is 12.4 Å². The molecule has 4 aromatic rings. The maximum atomic E-state index is 13.1. The van der Waals surface area contributed by atoms with Gasteiger partial charge in [0.15, 0.2) is 0 Å². The summed E-state index contributed by atoms with van der Waals surface area (Å²) in [5.41, 5.74) is 4.54. The van der Waals surface area contributed by atoms with Gasteiger partial charge in [0, 0.05) is 39.4 Å². The van der Waals surface area contributed by atoms with Gasteiger partial charge in [-0.15, -0.1) is 0 Å². The van der Waals surface area contributed by atoms with E-state index in [0.717, 1.165) is 22.1 Å². The third-order valence-electron chi connectivity index (χ3n) is 4.94. The Morgan fingerprint density at radius 2 is 1.81 bits per heavy atom. The molecule has 0 bridgehead atoms. The van der Waals surface area contributed by atoms with E-state index in [1.54, 1.807) is 19.4 Å². The number of fused-ring (bicyclic) bond motifs is 1. The van der Waals surface area contributed by atoms with E-state index in [0.29, 0.717) is 27.6 Å². The van der Waals surface area contributed by atoms with Gasteiger partial charge in [-0.1, -0.05) is 23.7 Å². The van der Waals surface area contributed by atoms with Crippen molar-refractivity contribution in [3.8, 4) is 16.9 Å². The quantitative estimate of drug-likeness (QED) is 0.345. The molecule has 0 saturated heterocycles. The van der Waals surface area contributed by atoms with E-state index >= 15 is 0 Å². The Labute approximate surface area is 183 Å². The molecule has 0 aliphatic heterocycles. The minimum atomic E-state index is -0.362. The molecule has 0 atom stereocenters. The van der Waals surface area contributed by atoms with E-state index in [9.17, 15) is 9.18 Å². The van der Waals surface area contributed by atoms with E-state index in [4.69, 9.17) is 20.8 Å². The summed E-state index contributed by atoms with van der Waals surface area (Å²) in [6, 6.07) is 16.8. The number of amides is 1. The van der Waals surface area contributed by atoms with E-state index in [2.05, 4.69) is 5.32 Å². The number of nitrogens with one attached hydrogen (secondary N) is 1. The average molecular weight is 436 g/mol. The number of allylic oxidation sites excluding steroid dienone is 1. The summed E-state index contributed by atoms with van der Waals surface area (Å²) in [6.45, 7) is 1.83. The van der Waals surface area contributed by atoms with E-state index in [1.807, 2.05) is 37.3 Å². The van der Waals surface area contributed by atoms with Crippen LogP contribution in [0.4, 0.5) is 10.1 Å². The van der Waals surface area contributed by atoms with Crippen molar-refractivity contribution in [3.63, 3.8) is 0 Å². The number of methoxy groups -OCH3 is 1. The Balaban J connectivity index is 1.70. The minimum absolute atomic E-state index is 0.323. The summed E-state index contributed by atoms with van der Waals surface area (Å²) in [5, 5.41) is 4.28. The second kappa shape index (κ2) is 8.66. The van der Waals surface area contributed by atoms with Gasteiger partial charge in [-0.05, 0) is 60.5 Å².